The molecule has 8 heteroatoms. The van der Waals surface area contributed by atoms with Gasteiger partial charge in [-0.1, -0.05) is 48.5 Å². The topological polar surface area (TPSA) is 108 Å². The fraction of sp³-hybridized carbons (Fsp3) is 0.375. The van der Waals surface area contributed by atoms with Crippen LogP contribution in [0.1, 0.15) is 29.9 Å². The van der Waals surface area contributed by atoms with Crippen molar-refractivity contribution in [2.24, 2.45) is 0 Å². The van der Waals surface area contributed by atoms with Crippen LogP contribution < -0.4 is 10.6 Å². The number of carbonyl (C=O) groups is 3. The van der Waals surface area contributed by atoms with E-state index >= 15 is 0 Å². The summed E-state index contributed by atoms with van der Waals surface area (Å²) in [4.78, 5) is 37.4. The molecule has 2 amide bonds. The Balaban J connectivity index is 1.59. The van der Waals surface area contributed by atoms with Crippen molar-refractivity contribution < 1.29 is 24.2 Å². The van der Waals surface area contributed by atoms with E-state index in [-0.39, 0.29) is 37.9 Å². The van der Waals surface area contributed by atoms with Crippen molar-refractivity contribution in [2.45, 2.75) is 24.8 Å². The normalized spacial score (nSPS) is 13.2. The zero-order valence-corrected chi connectivity index (χ0v) is 18.3. The van der Waals surface area contributed by atoms with Crippen molar-refractivity contribution in [3.8, 4) is 11.1 Å². The Hall–Kier alpha value is -3.39. The minimum atomic E-state index is -0.916. The molecule has 2 aromatic rings. The Morgan fingerprint density at radius 3 is 2.19 bits per heavy atom. The highest BCUT2D eigenvalue weighted by molar-refractivity contribution is 5.86. The number of likely N-dealkylation sites (N-methyl/N-ethyl adjacent to an activating group) is 1. The third kappa shape index (κ3) is 5.85. The molecule has 0 spiro atoms. The van der Waals surface area contributed by atoms with E-state index < -0.39 is 18.1 Å². The predicted molar refractivity (Wildman–Crippen MR) is 120 cm³/mol. The van der Waals surface area contributed by atoms with Crippen LogP contribution in [0.2, 0.25) is 0 Å². The van der Waals surface area contributed by atoms with Crippen LogP contribution in [0.25, 0.3) is 11.1 Å². The van der Waals surface area contributed by atoms with Gasteiger partial charge in [-0.2, -0.15) is 0 Å². The number of carboxylic acids is 1. The number of carboxylic acid groups (broad SMARTS) is 1. The average molecular weight is 440 g/mol. The summed E-state index contributed by atoms with van der Waals surface area (Å²) in [6, 6.07) is 15.3. The van der Waals surface area contributed by atoms with E-state index in [1.54, 1.807) is 19.0 Å². The van der Waals surface area contributed by atoms with E-state index in [4.69, 9.17) is 9.84 Å². The fourth-order valence-corrected chi connectivity index (χ4v) is 3.92. The van der Waals surface area contributed by atoms with Crippen molar-refractivity contribution >= 4 is 18.0 Å². The molecule has 3 N–H and O–H groups in total. The van der Waals surface area contributed by atoms with Gasteiger partial charge in [0.15, 0.2) is 0 Å². The predicted octanol–water partition coefficient (Wildman–Crippen LogP) is 2.44. The summed E-state index contributed by atoms with van der Waals surface area (Å²) < 4.78 is 5.53. The maximum absolute atomic E-state index is 12.5. The number of nitrogens with one attached hydrogen (secondary N) is 2. The molecule has 2 aromatic carbocycles. The van der Waals surface area contributed by atoms with E-state index in [1.165, 1.54) is 0 Å². The lowest BCUT2D eigenvalue weighted by Gasteiger charge is -2.22. The van der Waals surface area contributed by atoms with Crippen LogP contribution in [0.5, 0.6) is 0 Å². The number of hydrogen-bond donors (Lipinski definition) is 3. The van der Waals surface area contributed by atoms with Gasteiger partial charge in [-0.05, 0) is 42.8 Å². The van der Waals surface area contributed by atoms with Crippen LogP contribution in [-0.4, -0.2) is 67.8 Å². The van der Waals surface area contributed by atoms with E-state index in [0.717, 1.165) is 22.3 Å². The SMILES string of the molecule is CN(C)CC(NC(=O)OCC1c2ccccc2-c2ccccc21)C(=O)NCCCC(=O)O. The first-order valence-electron chi connectivity index (χ1n) is 10.6. The number of aliphatic carboxylic acids is 1. The van der Waals surface area contributed by atoms with E-state index in [1.807, 2.05) is 36.4 Å². The van der Waals surface area contributed by atoms with Gasteiger partial charge in [-0.15, -0.1) is 0 Å². The number of amides is 2. The highest BCUT2D eigenvalue weighted by Crippen LogP contribution is 2.44. The Kier molecular flexibility index (Phi) is 7.83. The number of nitrogens with zero attached hydrogens (tertiary/aromatic N) is 1. The number of rotatable bonds is 10. The summed E-state index contributed by atoms with van der Waals surface area (Å²) in [5, 5.41) is 14.0. The number of fused-ring (bicyclic) bond motifs is 3. The van der Waals surface area contributed by atoms with Crippen molar-refractivity contribution in [1.29, 1.82) is 0 Å². The van der Waals surface area contributed by atoms with Gasteiger partial charge in [0.1, 0.15) is 12.6 Å². The van der Waals surface area contributed by atoms with Crippen LogP contribution in [0.3, 0.4) is 0 Å². The summed E-state index contributed by atoms with van der Waals surface area (Å²) in [7, 11) is 3.59. The number of alkyl carbamates (subject to hydrolysis) is 1. The van der Waals surface area contributed by atoms with Crippen LogP contribution in [0, 0.1) is 0 Å². The molecule has 0 aliphatic heterocycles. The van der Waals surface area contributed by atoms with Crippen LogP contribution in [0.15, 0.2) is 48.5 Å². The highest BCUT2D eigenvalue weighted by Gasteiger charge is 2.29. The first kappa shape index (κ1) is 23.3. The summed E-state index contributed by atoms with van der Waals surface area (Å²) in [6.45, 7) is 0.672. The minimum absolute atomic E-state index is 0.0293. The molecule has 1 unspecified atom stereocenters. The first-order chi connectivity index (χ1) is 15.4. The molecular weight excluding hydrogens is 410 g/mol. The number of ether oxygens (including phenoxy) is 1. The maximum Gasteiger partial charge on any atom is 0.407 e. The second kappa shape index (κ2) is 10.8. The molecule has 0 aromatic heterocycles. The molecule has 1 aliphatic carbocycles. The second-order valence-electron chi connectivity index (χ2n) is 8.07. The Labute approximate surface area is 187 Å². The fourth-order valence-electron chi connectivity index (χ4n) is 3.92. The van der Waals surface area contributed by atoms with Gasteiger partial charge >= 0.3 is 12.1 Å². The van der Waals surface area contributed by atoms with Crippen molar-refractivity contribution in [2.75, 3.05) is 33.8 Å². The van der Waals surface area contributed by atoms with Crippen LogP contribution in [0.4, 0.5) is 4.79 Å². The largest absolute Gasteiger partial charge is 0.481 e. The molecule has 0 saturated heterocycles. The molecule has 170 valence electrons. The number of carbonyl (C=O) groups excluding carboxylic acids is 2. The van der Waals surface area contributed by atoms with Gasteiger partial charge in [0.25, 0.3) is 0 Å². The van der Waals surface area contributed by atoms with E-state index in [9.17, 15) is 14.4 Å². The molecule has 0 bridgehead atoms. The summed E-state index contributed by atoms with van der Waals surface area (Å²) >= 11 is 0. The van der Waals surface area contributed by atoms with Crippen molar-refractivity contribution in [1.82, 2.24) is 15.5 Å². The average Bonchev–Trinajstić information content (AvgIpc) is 3.08. The molecule has 32 heavy (non-hydrogen) atoms. The molecule has 0 heterocycles. The summed E-state index contributed by atoms with van der Waals surface area (Å²) in [6.07, 6.45) is -0.376. The van der Waals surface area contributed by atoms with Crippen molar-refractivity contribution in [3.63, 3.8) is 0 Å². The zero-order chi connectivity index (χ0) is 23.1. The molecule has 3 rings (SSSR count). The standard InChI is InChI=1S/C24H29N3O5/c1-27(2)14-21(23(30)25-13-7-12-22(28)29)26-24(31)32-15-20-18-10-5-3-8-16(18)17-9-4-6-11-19(17)20/h3-6,8-11,20-21H,7,12-15H2,1-2H3,(H,25,30)(H,26,31)(H,28,29). The lowest BCUT2D eigenvalue weighted by Crippen LogP contribution is -2.52. The smallest absolute Gasteiger partial charge is 0.407 e. The van der Waals surface area contributed by atoms with E-state index in [2.05, 4.69) is 22.8 Å². The molecule has 0 fully saturated rings. The zero-order valence-electron chi connectivity index (χ0n) is 18.3. The van der Waals surface area contributed by atoms with Gasteiger partial charge < -0.3 is 25.4 Å². The lowest BCUT2D eigenvalue weighted by atomic mass is 9.98. The third-order valence-electron chi connectivity index (χ3n) is 5.37. The quantitative estimate of drug-likeness (QED) is 0.491. The maximum atomic E-state index is 12.5. The Morgan fingerprint density at radius 2 is 1.62 bits per heavy atom. The lowest BCUT2D eigenvalue weighted by molar-refractivity contribution is -0.137. The van der Waals surface area contributed by atoms with Gasteiger partial charge in [-0.3, -0.25) is 9.59 Å². The van der Waals surface area contributed by atoms with E-state index in [0.29, 0.717) is 6.42 Å². The van der Waals surface area contributed by atoms with Gasteiger partial charge in [-0.25, -0.2) is 4.79 Å². The first-order valence-corrected chi connectivity index (χ1v) is 10.6. The van der Waals surface area contributed by atoms with Gasteiger partial charge in [0, 0.05) is 25.4 Å². The summed E-state index contributed by atoms with van der Waals surface area (Å²) in [5.74, 6) is -1.36. The molecule has 0 saturated carbocycles. The second-order valence-corrected chi connectivity index (χ2v) is 8.07. The highest BCUT2D eigenvalue weighted by atomic mass is 16.5. The number of hydrogen-bond acceptors (Lipinski definition) is 5. The molecule has 8 nitrogen and oxygen atoms in total. The van der Waals surface area contributed by atoms with Crippen molar-refractivity contribution in [3.05, 3.63) is 59.7 Å². The van der Waals surface area contributed by atoms with Gasteiger partial charge in [0.2, 0.25) is 5.91 Å². The van der Waals surface area contributed by atoms with Crippen LogP contribution in [-0.2, 0) is 14.3 Å². The molecule has 1 aliphatic rings. The minimum Gasteiger partial charge on any atom is -0.481 e. The molecule has 1 atom stereocenters. The number of benzene rings is 2. The van der Waals surface area contributed by atoms with Gasteiger partial charge in [0.05, 0.1) is 0 Å². The van der Waals surface area contributed by atoms with Crippen LogP contribution >= 0.6 is 0 Å². The third-order valence-corrected chi connectivity index (χ3v) is 5.37. The molecular formula is C24H29N3O5. The monoisotopic (exact) mass is 439 g/mol. The Bertz CT molecular complexity index is 930. The summed E-state index contributed by atoms with van der Waals surface area (Å²) in [5.41, 5.74) is 4.51. The Morgan fingerprint density at radius 1 is 1.03 bits per heavy atom. The molecule has 0 radical (unpaired) electrons.